The van der Waals surface area contributed by atoms with Gasteiger partial charge in [0.1, 0.15) is 10.8 Å². The van der Waals surface area contributed by atoms with E-state index in [1.165, 1.54) is 0 Å². The van der Waals surface area contributed by atoms with Crippen LogP contribution in [-0.2, 0) is 6.42 Å². The Bertz CT molecular complexity index is 618. The lowest BCUT2D eigenvalue weighted by Crippen LogP contribution is -2.22. The molecule has 0 aromatic carbocycles. The predicted molar refractivity (Wildman–Crippen MR) is 82.9 cm³/mol. The van der Waals surface area contributed by atoms with Crippen molar-refractivity contribution < 1.29 is 5.11 Å². The molecule has 0 atom stereocenters. The fourth-order valence-electron chi connectivity index (χ4n) is 1.97. The molecular weight excluding hydrogens is 290 g/mol. The van der Waals surface area contributed by atoms with Gasteiger partial charge in [-0.1, -0.05) is 16.8 Å². The Hall–Kier alpha value is -1.66. The standard InChI is InChI=1S/C14H20ClN5O/c1-9(2)17-11-5-13(15)16-7-12(11)20-8-10(18-19-20)6-14(3,4)21/h5,7-9,21H,6H2,1-4H3,(H,16,17). The van der Waals surface area contributed by atoms with Gasteiger partial charge in [-0.3, -0.25) is 0 Å². The Morgan fingerprint density at radius 2 is 2.14 bits per heavy atom. The average molecular weight is 310 g/mol. The minimum Gasteiger partial charge on any atom is -0.390 e. The molecule has 0 fully saturated rings. The fourth-order valence-corrected chi connectivity index (χ4v) is 2.13. The summed E-state index contributed by atoms with van der Waals surface area (Å²) >= 11 is 5.95. The maximum absolute atomic E-state index is 9.84. The number of aromatic nitrogens is 4. The molecule has 0 saturated heterocycles. The maximum Gasteiger partial charge on any atom is 0.131 e. The van der Waals surface area contributed by atoms with Crippen LogP contribution in [0, 0.1) is 0 Å². The van der Waals surface area contributed by atoms with Gasteiger partial charge in [0.25, 0.3) is 0 Å². The number of nitrogens with one attached hydrogen (secondary N) is 1. The molecule has 0 spiro atoms. The van der Waals surface area contributed by atoms with E-state index in [0.29, 0.717) is 17.3 Å². The molecule has 2 rings (SSSR count). The summed E-state index contributed by atoms with van der Waals surface area (Å²) in [5.74, 6) is 0. The van der Waals surface area contributed by atoms with Crippen LogP contribution in [0.1, 0.15) is 33.4 Å². The van der Waals surface area contributed by atoms with Crippen LogP contribution < -0.4 is 5.32 Å². The highest BCUT2D eigenvalue weighted by Gasteiger charge is 2.17. The Kier molecular flexibility index (Phi) is 4.49. The van der Waals surface area contributed by atoms with Gasteiger partial charge in [0.05, 0.1) is 29.4 Å². The number of hydrogen-bond acceptors (Lipinski definition) is 5. The van der Waals surface area contributed by atoms with Crippen molar-refractivity contribution in [2.24, 2.45) is 0 Å². The van der Waals surface area contributed by atoms with E-state index in [1.54, 1.807) is 37.0 Å². The van der Waals surface area contributed by atoms with E-state index >= 15 is 0 Å². The van der Waals surface area contributed by atoms with Crippen molar-refractivity contribution in [2.75, 3.05) is 5.32 Å². The summed E-state index contributed by atoms with van der Waals surface area (Å²) in [4.78, 5) is 4.09. The molecule has 2 N–H and O–H groups in total. The van der Waals surface area contributed by atoms with Crippen molar-refractivity contribution in [2.45, 2.75) is 45.8 Å². The van der Waals surface area contributed by atoms with E-state index in [-0.39, 0.29) is 6.04 Å². The van der Waals surface area contributed by atoms with Gasteiger partial charge in [-0.25, -0.2) is 9.67 Å². The van der Waals surface area contributed by atoms with Crippen LogP contribution in [0.2, 0.25) is 5.15 Å². The third kappa shape index (κ3) is 4.41. The number of hydrogen-bond donors (Lipinski definition) is 2. The molecule has 0 aliphatic carbocycles. The predicted octanol–water partition coefficient (Wildman–Crippen LogP) is 2.45. The van der Waals surface area contributed by atoms with Crippen LogP contribution in [0.15, 0.2) is 18.5 Å². The van der Waals surface area contributed by atoms with Gasteiger partial charge in [0.15, 0.2) is 0 Å². The highest BCUT2D eigenvalue weighted by Crippen LogP contribution is 2.23. The molecule has 0 unspecified atom stereocenters. The largest absolute Gasteiger partial charge is 0.390 e. The third-order valence-corrected chi connectivity index (χ3v) is 2.90. The number of anilines is 1. The van der Waals surface area contributed by atoms with Gasteiger partial charge in [-0.05, 0) is 27.7 Å². The van der Waals surface area contributed by atoms with Crippen LogP contribution >= 0.6 is 11.6 Å². The van der Waals surface area contributed by atoms with Crippen molar-refractivity contribution in [3.63, 3.8) is 0 Å². The molecule has 2 heterocycles. The molecule has 0 amide bonds. The summed E-state index contributed by atoms with van der Waals surface area (Å²) in [5, 5.41) is 21.8. The summed E-state index contributed by atoms with van der Waals surface area (Å²) < 4.78 is 1.63. The lowest BCUT2D eigenvalue weighted by atomic mass is 10.0. The van der Waals surface area contributed by atoms with E-state index in [0.717, 1.165) is 11.4 Å². The summed E-state index contributed by atoms with van der Waals surface area (Å²) in [6.07, 6.45) is 3.87. The van der Waals surface area contributed by atoms with Crippen LogP contribution in [0.3, 0.4) is 0 Å². The number of rotatable bonds is 5. The molecular formula is C14H20ClN5O. The maximum atomic E-state index is 9.84. The number of pyridine rings is 1. The topological polar surface area (TPSA) is 75.9 Å². The van der Waals surface area contributed by atoms with E-state index in [4.69, 9.17) is 11.6 Å². The zero-order chi connectivity index (χ0) is 15.6. The Labute approximate surface area is 129 Å². The SMILES string of the molecule is CC(C)Nc1cc(Cl)ncc1-n1cc(CC(C)(C)O)nn1. The third-order valence-electron chi connectivity index (χ3n) is 2.70. The molecule has 2 aromatic heterocycles. The smallest absolute Gasteiger partial charge is 0.131 e. The van der Waals surface area contributed by atoms with Crippen molar-refractivity contribution in [3.05, 3.63) is 29.3 Å². The van der Waals surface area contributed by atoms with Crippen LogP contribution in [-0.4, -0.2) is 36.7 Å². The quantitative estimate of drug-likeness (QED) is 0.830. The molecule has 21 heavy (non-hydrogen) atoms. The van der Waals surface area contributed by atoms with Gasteiger partial charge < -0.3 is 10.4 Å². The Morgan fingerprint density at radius 1 is 1.43 bits per heavy atom. The fraction of sp³-hybridized carbons (Fsp3) is 0.500. The molecule has 7 heteroatoms. The van der Waals surface area contributed by atoms with Crippen LogP contribution in [0.5, 0.6) is 0 Å². The molecule has 0 saturated carbocycles. The van der Waals surface area contributed by atoms with Crippen LogP contribution in [0.25, 0.3) is 5.69 Å². The second-order valence-electron chi connectivity index (χ2n) is 5.97. The summed E-state index contributed by atoms with van der Waals surface area (Å²) in [6, 6.07) is 2.01. The molecule has 0 aliphatic rings. The lowest BCUT2D eigenvalue weighted by molar-refractivity contribution is 0.0799. The van der Waals surface area contributed by atoms with Crippen LogP contribution in [0.4, 0.5) is 5.69 Å². The van der Waals surface area contributed by atoms with E-state index < -0.39 is 5.60 Å². The van der Waals surface area contributed by atoms with Crippen molar-refractivity contribution in [1.29, 1.82) is 0 Å². The minimum absolute atomic E-state index is 0.251. The Morgan fingerprint density at radius 3 is 2.76 bits per heavy atom. The minimum atomic E-state index is -0.821. The van der Waals surface area contributed by atoms with Crippen molar-refractivity contribution in [1.82, 2.24) is 20.0 Å². The van der Waals surface area contributed by atoms with Gasteiger partial charge >= 0.3 is 0 Å². The number of halogens is 1. The van der Waals surface area contributed by atoms with Crippen molar-refractivity contribution >= 4 is 17.3 Å². The first kappa shape index (κ1) is 15.7. The van der Waals surface area contributed by atoms with Gasteiger partial charge in [0.2, 0.25) is 0 Å². The van der Waals surface area contributed by atoms with Gasteiger partial charge in [-0.2, -0.15) is 0 Å². The Balaban J connectivity index is 2.33. The highest BCUT2D eigenvalue weighted by atomic mass is 35.5. The first-order chi connectivity index (χ1) is 9.74. The van der Waals surface area contributed by atoms with Gasteiger partial charge in [0, 0.05) is 18.5 Å². The van der Waals surface area contributed by atoms with E-state index in [9.17, 15) is 5.11 Å². The molecule has 0 bridgehead atoms. The summed E-state index contributed by atoms with van der Waals surface area (Å²) in [5.41, 5.74) is 1.50. The second-order valence-corrected chi connectivity index (χ2v) is 6.35. The normalized spacial score (nSPS) is 12.0. The molecule has 0 aliphatic heterocycles. The summed E-state index contributed by atoms with van der Waals surface area (Å²) in [6.45, 7) is 7.56. The van der Waals surface area contributed by atoms with Crippen molar-refractivity contribution in [3.8, 4) is 5.69 Å². The zero-order valence-corrected chi connectivity index (χ0v) is 13.4. The molecule has 2 aromatic rings. The van der Waals surface area contributed by atoms with Gasteiger partial charge in [-0.15, -0.1) is 5.10 Å². The highest BCUT2D eigenvalue weighted by molar-refractivity contribution is 6.29. The number of nitrogens with zero attached hydrogens (tertiary/aromatic N) is 4. The first-order valence-electron chi connectivity index (χ1n) is 6.80. The van der Waals surface area contributed by atoms with E-state index in [2.05, 4.69) is 20.6 Å². The molecule has 0 radical (unpaired) electrons. The summed E-state index contributed by atoms with van der Waals surface area (Å²) in [7, 11) is 0. The monoisotopic (exact) mass is 309 g/mol. The average Bonchev–Trinajstić information content (AvgIpc) is 2.74. The number of aliphatic hydroxyl groups is 1. The zero-order valence-electron chi connectivity index (χ0n) is 12.6. The second kappa shape index (κ2) is 5.99. The molecule has 6 nitrogen and oxygen atoms in total. The first-order valence-corrected chi connectivity index (χ1v) is 7.18. The lowest BCUT2D eigenvalue weighted by Gasteiger charge is -2.15. The van der Waals surface area contributed by atoms with E-state index in [1.807, 2.05) is 13.8 Å². The molecule has 114 valence electrons.